The van der Waals surface area contributed by atoms with Gasteiger partial charge in [0.1, 0.15) is 5.82 Å². The van der Waals surface area contributed by atoms with Crippen molar-refractivity contribution in [1.29, 1.82) is 0 Å². The van der Waals surface area contributed by atoms with E-state index in [1.165, 1.54) is 4.68 Å². The molecule has 1 aliphatic heterocycles. The Labute approximate surface area is 178 Å². The molecule has 5 rings (SSSR count). The monoisotopic (exact) mass is 418 g/mol. The first kappa shape index (κ1) is 19.2. The largest absolute Gasteiger partial charge is 0.312 e. The molecule has 158 valence electrons. The third kappa shape index (κ3) is 3.52. The van der Waals surface area contributed by atoms with Crippen LogP contribution in [0.25, 0.3) is 5.95 Å². The van der Waals surface area contributed by atoms with Crippen molar-refractivity contribution in [2.45, 2.75) is 32.6 Å². The highest BCUT2D eigenvalue weighted by Crippen LogP contribution is 2.26. The predicted octanol–water partition coefficient (Wildman–Crippen LogP) is 1.74. The number of nitrogens with one attached hydrogen (secondary N) is 2. The van der Waals surface area contributed by atoms with Crippen LogP contribution in [0.2, 0.25) is 0 Å². The summed E-state index contributed by atoms with van der Waals surface area (Å²) >= 11 is 0. The summed E-state index contributed by atoms with van der Waals surface area (Å²) in [6.45, 7) is 2.11. The fourth-order valence-electron chi connectivity index (χ4n) is 4.25. The molecule has 0 unspecified atom stereocenters. The molecule has 0 spiro atoms. The Kier molecular flexibility index (Phi) is 4.65. The minimum Gasteiger partial charge on any atom is -0.312 e. The van der Waals surface area contributed by atoms with Crippen molar-refractivity contribution in [3.8, 4) is 5.95 Å². The molecular formula is C22H22N6O3. The van der Waals surface area contributed by atoms with Crippen LogP contribution >= 0.6 is 0 Å². The number of rotatable bonds is 4. The third-order valence-corrected chi connectivity index (χ3v) is 5.78. The molecule has 2 aliphatic rings. The molecule has 2 N–H and O–H groups in total. The lowest BCUT2D eigenvalue weighted by molar-refractivity contribution is -0.122. The number of anilines is 2. The molecule has 2 amide bonds. The molecular weight excluding hydrogens is 396 g/mol. The number of carbonyl (C=O) groups excluding carboxylic acids is 2. The normalized spacial score (nSPS) is 17.8. The molecule has 9 nitrogen and oxygen atoms in total. The molecule has 0 saturated carbocycles. The number of fused-ring (bicyclic) bond motifs is 1. The molecule has 9 heteroatoms. The first-order valence-corrected chi connectivity index (χ1v) is 10.3. The van der Waals surface area contributed by atoms with Gasteiger partial charge in [-0.3, -0.25) is 19.4 Å². The Morgan fingerprint density at radius 2 is 2.00 bits per heavy atom. The van der Waals surface area contributed by atoms with Crippen molar-refractivity contribution in [2.24, 2.45) is 5.92 Å². The summed E-state index contributed by atoms with van der Waals surface area (Å²) in [6.07, 6.45) is 2.53. The van der Waals surface area contributed by atoms with Gasteiger partial charge in [0.2, 0.25) is 17.8 Å². The highest BCUT2D eigenvalue weighted by molar-refractivity contribution is 6.03. The fourth-order valence-corrected chi connectivity index (χ4v) is 4.25. The van der Waals surface area contributed by atoms with Gasteiger partial charge in [-0.25, -0.2) is 4.98 Å². The number of aromatic nitrogens is 4. The second-order valence-electron chi connectivity index (χ2n) is 7.98. The number of para-hydroxylation sites is 1. The molecule has 0 bridgehead atoms. The third-order valence-electron chi connectivity index (χ3n) is 5.78. The maximum atomic E-state index is 13.0. The highest BCUT2D eigenvalue weighted by atomic mass is 16.2. The van der Waals surface area contributed by atoms with Crippen molar-refractivity contribution < 1.29 is 9.59 Å². The van der Waals surface area contributed by atoms with Crippen LogP contribution in [-0.2, 0) is 22.4 Å². The van der Waals surface area contributed by atoms with E-state index in [9.17, 15) is 14.4 Å². The van der Waals surface area contributed by atoms with Crippen molar-refractivity contribution in [3.63, 3.8) is 0 Å². The Morgan fingerprint density at radius 1 is 1.19 bits per heavy atom. The number of benzene rings is 1. The maximum absolute atomic E-state index is 13.0. The Hall–Kier alpha value is -3.75. The van der Waals surface area contributed by atoms with Crippen LogP contribution in [-0.4, -0.2) is 38.1 Å². The van der Waals surface area contributed by atoms with E-state index in [2.05, 4.69) is 20.4 Å². The summed E-state index contributed by atoms with van der Waals surface area (Å²) in [5.41, 5.74) is 2.80. The average Bonchev–Trinajstić information content (AvgIpc) is 3.47. The standard InChI is InChI=1S/C22H22N6O3/c1-13-10-18(28(26-13)22-23-17-9-5-8-16(17)21(31)25-22)24-20(30)14-11-19(29)27(12-14)15-6-3-2-4-7-15/h2-4,6-7,10,14H,5,8-9,11-12H2,1H3,(H,24,30)(H,23,25,31)/t14-/m1/s1. The topological polar surface area (TPSA) is 113 Å². The molecule has 1 atom stereocenters. The van der Waals surface area contributed by atoms with E-state index in [1.807, 2.05) is 30.3 Å². The van der Waals surface area contributed by atoms with E-state index >= 15 is 0 Å². The van der Waals surface area contributed by atoms with E-state index in [0.717, 1.165) is 36.2 Å². The van der Waals surface area contributed by atoms with E-state index in [-0.39, 0.29) is 29.7 Å². The van der Waals surface area contributed by atoms with Gasteiger partial charge in [0.25, 0.3) is 5.56 Å². The number of hydrogen-bond acceptors (Lipinski definition) is 5. The number of nitrogens with zero attached hydrogens (tertiary/aromatic N) is 4. The van der Waals surface area contributed by atoms with Crippen LogP contribution < -0.4 is 15.8 Å². The zero-order valence-electron chi connectivity index (χ0n) is 17.1. The minimum absolute atomic E-state index is 0.0827. The summed E-state index contributed by atoms with van der Waals surface area (Å²) in [5.74, 6) is -0.142. The number of H-pyrrole nitrogens is 1. The van der Waals surface area contributed by atoms with Crippen LogP contribution in [0.15, 0.2) is 41.2 Å². The van der Waals surface area contributed by atoms with Gasteiger partial charge >= 0.3 is 0 Å². The number of hydrogen-bond donors (Lipinski definition) is 2. The summed E-state index contributed by atoms with van der Waals surface area (Å²) in [4.78, 5) is 46.8. The smallest absolute Gasteiger partial charge is 0.255 e. The zero-order chi connectivity index (χ0) is 21.5. The summed E-state index contributed by atoms with van der Waals surface area (Å²) in [7, 11) is 0. The molecule has 31 heavy (non-hydrogen) atoms. The van der Waals surface area contributed by atoms with E-state index in [4.69, 9.17) is 0 Å². The molecule has 2 aromatic heterocycles. The molecule has 3 heterocycles. The van der Waals surface area contributed by atoms with Gasteiger partial charge in [-0.2, -0.15) is 9.78 Å². The lowest BCUT2D eigenvalue weighted by atomic mass is 10.1. The first-order valence-electron chi connectivity index (χ1n) is 10.3. The molecule has 0 radical (unpaired) electrons. The SMILES string of the molecule is Cc1cc(NC(=O)[C@@H]2CC(=O)N(c3ccccc3)C2)n(-c2nc3c(c(=O)[nH]2)CCC3)n1. The van der Waals surface area contributed by atoms with Crippen LogP contribution in [0.4, 0.5) is 11.5 Å². The number of carbonyl (C=O) groups is 2. The van der Waals surface area contributed by atoms with Gasteiger partial charge in [-0.05, 0) is 38.3 Å². The second kappa shape index (κ2) is 7.50. The van der Waals surface area contributed by atoms with Crippen LogP contribution in [0, 0.1) is 12.8 Å². The lowest BCUT2D eigenvalue weighted by Gasteiger charge is -2.16. The summed E-state index contributed by atoms with van der Waals surface area (Å²) in [6, 6.07) is 11.0. The molecule has 1 aliphatic carbocycles. The maximum Gasteiger partial charge on any atom is 0.255 e. The van der Waals surface area contributed by atoms with Crippen molar-refractivity contribution >= 4 is 23.3 Å². The molecule has 1 aromatic carbocycles. The van der Waals surface area contributed by atoms with Crippen molar-refractivity contribution in [1.82, 2.24) is 19.7 Å². The van der Waals surface area contributed by atoms with E-state index < -0.39 is 5.92 Å². The van der Waals surface area contributed by atoms with Crippen molar-refractivity contribution in [3.05, 3.63) is 63.7 Å². The van der Waals surface area contributed by atoms with E-state index in [0.29, 0.717) is 18.1 Å². The van der Waals surface area contributed by atoms with Crippen LogP contribution in [0.1, 0.15) is 29.8 Å². The lowest BCUT2D eigenvalue weighted by Crippen LogP contribution is -2.29. The predicted molar refractivity (Wildman–Crippen MR) is 114 cm³/mol. The Balaban J connectivity index is 1.38. The summed E-state index contributed by atoms with van der Waals surface area (Å²) < 4.78 is 1.44. The number of aromatic amines is 1. The first-order chi connectivity index (χ1) is 15.0. The zero-order valence-corrected chi connectivity index (χ0v) is 17.1. The van der Waals surface area contributed by atoms with Gasteiger partial charge in [0.15, 0.2) is 0 Å². The Bertz CT molecular complexity index is 1230. The van der Waals surface area contributed by atoms with Crippen LogP contribution in [0.5, 0.6) is 0 Å². The molecule has 1 fully saturated rings. The molecule has 1 saturated heterocycles. The number of amides is 2. The van der Waals surface area contributed by atoms with Gasteiger partial charge in [-0.15, -0.1) is 0 Å². The van der Waals surface area contributed by atoms with Crippen molar-refractivity contribution in [2.75, 3.05) is 16.8 Å². The number of aryl methyl sites for hydroxylation is 2. The van der Waals surface area contributed by atoms with Gasteiger partial charge in [0.05, 0.1) is 17.3 Å². The van der Waals surface area contributed by atoms with E-state index in [1.54, 1.807) is 17.9 Å². The quantitative estimate of drug-likeness (QED) is 0.670. The van der Waals surface area contributed by atoms with Gasteiger partial charge < -0.3 is 10.2 Å². The van der Waals surface area contributed by atoms with Crippen LogP contribution in [0.3, 0.4) is 0 Å². The minimum atomic E-state index is -0.483. The highest BCUT2D eigenvalue weighted by Gasteiger charge is 2.35. The molecule has 3 aromatic rings. The fraction of sp³-hybridized carbons (Fsp3) is 0.318. The van der Waals surface area contributed by atoms with Gasteiger partial charge in [-0.1, -0.05) is 18.2 Å². The second-order valence-corrected chi connectivity index (χ2v) is 7.98. The Morgan fingerprint density at radius 3 is 2.81 bits per heavy atom. The summed E-state index contributed by atoms with van der Waals surface area (Å²) in [5, 5.41) is 7.27. The van der Waals surface area contributed by atoms with Gasteiger partial charge in [0, 0.05) is 30.3 Å². The average molecular weight is 418 g/mol.